The number of hydrogen-bond donors (Lipinski definition) is 2. The molecule has 0 atom stereocenters. The summed E-state index contributed by atoms with van der Waals surface area (Å²) in [6.07, 6.45) is 2.65. The first-order valence-electron chi connectivity index (χ1n) is 5.72. The fraction of sp³-hybridized carbons (Fsp3) is 0.0769. The van der Waals surface area contributed by atoms with Crippen LogP contribution in [0.5, 0.6) is 0 Å². The highest BCUT2D eigenvalue weighted by Crippen LogP contribution is 2.25. The van der Waals surface area contributed by atoms with Crippen LogP contribution in [0, 0.1) is 17.0 Å². The van der Waals surface area contributed by atoms with Crippen molar-refractivity contribution in [2.45, 2.75) is 6.92 Å². The average molecular weight is 273 g/mol. The van der Waals surface area contributed by atoms with Gasteiger partial charge in [-0.3, -0.25) is 19.7 Å². The van der Waals surface area contributed by atoms with Crippen LogP contribution in [0.4, 0.5) is 11.4 Å². The number of H-pyrrole nitrogens is 1. The number of aromatic amines is 1. The average Bonchev–Trinajstić information content (AvgIpc) is 2.38. The number of aryl methyl sites for hydroxylation is 1. The number of aromatic nitrogens is 1. The maximum absolute atomic E-state index is 12.0. The van der Waals surface area contributed by atoms with Gasteiger partial charge in [0.15, 0.2) is 5.43 Å². The molecule has 1 aromatic carbocycles. The number of benzene rings is 1. The molecular weight excluding hydrogens is 262 g/mol. The number of nitrogens with one attached hydrogen (secondary N) is 2. The first kappa shape index (κ1) is 13.5. The topological polar surface area (TPSA) is 105 Å². The minimum absolute atomic E-state index is 0.0586. The zero-order valence-electron chi connectivity index (χ0n) is 10.5. The van der Waals surface area contributed by atoms with E-state index in [0.717, 1.165) is 5.56 Å². The predicted octanol–water partition coefficient (Wildman–Crippen LogP) is 1.84. The summed E-state index contributed by atoms with van der Waals surface area (Å²) in [5.41, 5.74) is 0.0206. The van der Waals surface area contributed by atoms with Crippen molar-refractivity contribution in [1.29, 1.82) is 0 Å². The van der Waals surface area contributed by atoms with Crippen LogP contribution in [0.1, 0.15) is 15.9 Å². The monoisotopic (exact) mass is 273 g/mol. The van der Waals surface area contributed by atoms with Gasteiger partial charge in [0.2, 0.25) is 0 Å². The van der Waals surface area contributed by atoms with Crippen LogP contribution >= 0.6 is 0 Å². The molecule has 0 fully saturated rings. The number of anilines is 1. The molecule has 2 aromatic rings. The van der Waals surface area contributed by atoms with Gasteiger partial charge in [0, 0.05) is 24.5 Å². The van der Waals surface area contributed by atoms with Crippen molar-refractivity contribution in [2.24, 2.45) is 0 Å². The molecule has 0 saturated heterocycles. The Morgan fingerprint density at radius 1 is 1.35 bits per heavy atom. The molecule has 7 heteroatoms. The summed E-state index contributed by atoms with van der Waals surface area (Å²) in [4.78, 5) is 36.4. The first-order chi connectivity index (χ1) is 9.49. The molecule has 1 aromatic heterocycles. The Morgan fingerprint density at radius 3 is 2.75 bits per heavy atom. The molecule has 0 bridgehead atoms. The van der Waals surface area contributed by atoms with E-state index in [4.69, 9.17) is 0 Å². The smallest absolute Gasteiger partial charge is 0.292 e. The number of carbonyl (C=O) groups excluding carboxylic acids is 1. The molecule has 0 spiro atoms. The Labute approximate surface area is 113 Å². The highest BCUT2D eigenvalue weighted by Gasteiger charge is 2.17. The Bertz CT molecular complexity index is 736. The van der Waals surface area contributed by atoms with Crippen molar-refractivity contribution in [3.63, 3.8) is 0 Å². The maximum atomic E-state index is 12.0. The molecule has 0 radical (unpaired) electrons. The molecule has 0 aliphatic carbocycles. The molecule has 2 N–H and O–H groups in total. The lowest BCUT2D eigenvalue weighted by Crippen LogP contribution is -2.21. The lowest BCUT2D eigenvalue weighted by Gasteiger charge is -2.06. The van der Waals surface area contributed by atoms with Crippen LogP contribution in [0.2, 0.25) is 0 Å². The van der Waals surface area contributed by atoms with E-state index in [-0.39, 0.29) is 16.9 Å². The molecule has 0 unspecified atom stereocenters. The Kier molecular flexibility index (Phi) is 3.60. The van der Waals surface area contributed by atoms with E-state index < -0.39 is 16.3 Å². The van der Waals surface area contributed by atoms with Crippen molar-refractivity contribution < 1.29 is 9.72 Å². The fourth-order valence-electron chi connectivity index (χ4n) is 1.69. The minimum atomic E-state index is -0.694. The lowest BCUT2D eigenvalue weighted by atomic mass is 10.2. The van der Waals surface area contributed by atoms with E-state index in [1.54, 1.807) is 13.0 Å². The van der Waals surface area contributed by atoms with Crippen molar-refractivity contribution in [1.82, 2.24) is 4.98 Å². The van der Waals surface area contributed by atoms with Crippen molar-refractivity contribution in [3.05, 3.63) is 68.1 Å². The van der Waals surface area contributed by atoms with E-state index in [0.29, 0.717) is 0 Å². The molecule has 102 valence electrons. The number of rotatable bonds is 3. The Hall–Kier alpha value is -2.96. The van der Waals surface area contributed by atoms with Gasteiger partial charge < -0.3 is 10.3 Å². The summed E-state index contributed by atoms with van der Waals surface area (Å²) < 4.78 is 0. The van der Waals surface area contributed by atoms with Gasteiger partial charge in [0.1, 0.15) is 11.3 Å². The van der Waals surface area contributed by atoms with E-state index in [1.165, 1.54) is 30.6 Å². The van der Waals surface area contributed by atoms with Crippen molar-refractivity contribution in [3.8, 4) is 0 Å². The van der Waals surface area contributed by atoms with Gasteiger partial charge in [-0.2, -0.15) is 0 Å². The van der Waals surface area contributed by atoms with E-state index in [9.17, 15) is 19.7 Å². The second-order valence-corrected chi connectivity index (χ2v) is 4.15. The number of hydrogen-bond acceptors (Lipinski definition) is 4. The van der Waals surface area contributed by atoms with Gasteiger partial charge in [-0.1, -0.05) is 6.07 Å². The summed E-state index contributed by atoms with van der Waals surface area (Å²) in [6, 6.07) is 5.57. The van der Waals surface area contributed by atoms with E-state index >= 15 is 0 Å². The zero-order valence-corrected chi connectivity index (χ0v) is 10.5. The quantitative estimate of drug-likeness (QED) is 0.657. The van der Waals surface area contributed by atoms with Gasteiger partial charge in [0.25, 0.3) is 11.6 Å². The molecule has 20 heavy (non-hydrogen) atoms. The fourth-order valence-corrected chi connectivity index (χ4v) is 1.69. The SMILES string of the molecule is Cc1ccc([N+](=O)[O-])c(NC(=O)c2c[nH]ccc2=O)c1. The third-order valence-electron chi connectivity index (χ3n) is 2.67. The number of nitrogens with zero attached hydrogens (tertiary/aromatic N) is 1. The second-order valence-electron chi connectivity index (χ2n) is 4.15. The van der Waals surface area contributed by atoms with Crippen LogP contribution in [0.3, 0.4) is 0 Å². The zero-order chi connectivity index (χ0) is 14.7. The first-order valence-corrected chi connectivity index (χ1v) is 5.72. The summed E-state index contributed by atoms with van der Waals surface area (Å²) >= 11 is 0. The Morgan fingerprint density at radius 2 is 2.10 bits per heavy atom. The molecule has 1 amide bonds. The third-order valence-corrected chi connectivity index (χ3v) is 2.67. The normalized spacial score (nSPS) is 10.1. The number of nitro benzene ring substituents is 1. The number of carbonyl (C=O) groups is 1. The van der Waals surface area contributed by atoms with Crippen LogP contribution < -0.4 is 10.7 Å². The van der Waals surface area contributed by atoms with Crippen LogP contribution in [0.25, 0.3) is 0 Å². The van der Waals surface area contributed by atoms with E-state index in [1.807, 2.05) is 0 Å². The highest BCUT2D eigenvalue weighted by atomic mass is 16.6. The largest absolute Gasteiger partial charge is 0.367 e. The number of nitro groups is 1. The number of amides is 1. The number of pyridine rings is 1. The van der Waals surface area contributed by atoms with Crippen LogP contribution in [-0.2, 0) is 0 Å². The van der Waals surface area contributed by atoms with Gasteiger partial charge in [-0.25, -0.2) is 0 Å². The van der Waals surface area contributed by atoms with Crippen molar-refractivity contribution >= 4 is 17.3 Å². The highest BCUT2D eigenvalue weighted by molar-refractivity contribution is 6.05. The molecule has 0 aliphatic heterocycles. The molecule has 7 nitrogen and oxygen atoms in total. The summed E-state index contributed by atoms with van der Waals surface area (Å²) in [5.74, 6) is -0.694. The molecule has 2 rings (SSSR count). The third kappa shape index (κ3) is 2.72. The van der Waals surface area contributed by atoms with Crippen molar-refractivity contribution in [2.75, 3.05) is 5.32 Å². The maximum Gasteiger partial charge on any atom is 0.292 e. The van der Waals surface area contributed by atoms with Gasteiger partial charge in [-0.15, -0.1) is 0 Å². The Balaban J connectivity index is 2.38. The lowest BCUT2D eigenvalue weighted by molar-refractivity contribution is -0.383. The van der Waals surface area contributed by atoms with Crippen LogP contribution in [-0.4, -0.2) is 15.8 Å². The predicted molar refractivity (Wildman–Crippen MR) is 72.8 cm³/mol. The summed E-state index contributed by atoms with van der Waals surface area (Å²) in [6.45, 7) is 1.74. The van der Waals surface area contributed by atoms with Gasteiger partial charge in [0.05, 0.1) is 4.92 Å². The van der Waals surface area contributed by atoms with Crippen LogP contribution in [0.15, 0.2) is 41.5 Å². The molecule has 0 aliphatic rings. The van der Waals surface area contributed by atoms with E-state index in [2.05, 4.69) is 10.3 Å². The summed E-state index contributed by atoms with van der Waals surface area (Å²) in [7, 11) is 0. The van der Waals surface area contributed by atoms with Gasteiger partial charge >= 0.3 is 0 Å². The van der Waals surface area contributed by atoms with Gasteiger partial charge in [-0.05, 0) is 18.6 Å². The standard InChI is InChI=1S/C13H11N3O4/c1-8-2-3-11(16(19)20)10(6-8)15-13(18)9-7-14-5-4-12(9)17/h2-7H,1H3,(H,14,17)(H,15,18). The minimum Gasteiger partial charge on any atom is -0.367 e. The molecule has 0 saturated carbocycles. The molecular formula is C13H11N3O4. The molecule has 1 heterocycles. The second kappa shape index (κ2) is 5.35. The summed E-state index contributed by atoms with van der Waals surface area (Å²) in [5, 5.41) is 13.3.